The molecule has 0 saturated heterocycles. The highest BCUT2D eigenvalue weighted by Gasteiger charge is 2.32. The van der Waals surface area contributed by atoms with E-state index in [9.17, 15) is 4.79 Å². The number of benzene rings is 4. The van der Waals surface area contributed by atoms with E-state index >= 15 is 0 Å². The van der Waals surface area contributed by atoms with Crippen molar-refractivity contribution in [3.05, 3.63) is 96.6 Å². The fourth-order valence-corrected chi connectivity index (χ4v) is 5.62. The van der Waals surface area contributed by atoms with Crippen molar-refractivity contribution >= 4 is 45.8 Å². The van der Waals surface area contributed by atoms with E-state index in [2.05, 4.69) is 59.5 Å². The number of nitrogens with zero attached hydrogens (tertiary/aromatic N) is 3. The Morgan fingerprint density at radius 3 is 2.16 bits per heavy atom. The van der Waals surface area contributed by atoms with Crippen LogP contribution in [0.3, 0.4) is 0 Å². The van der Waals surface area contributed by atoms with Gasteiger partial charge in [0.1, 0.15) is 5.82 Å². The lowest BCUT2D eigenvalue weighted by Gasteiger charge is -2.33. The molecule has 1 aromatic heterocycles. The van der Waals surface area contributed by atoms with E-state index < -0.39 is 0 Å². The van der Waals surface area contributed by atoms with E-state index in [4.69, 9.17) is 4.98 Å². The first-order chi connectivity index (χ1) is 15.3. The van der Waals surface area contributed by atoms with Crippen LogP contribution >= 0.6 is 11.8 Å². The van der Waals surface area contributed by atoms with Crippen molar-refractivity contribution in [2.75, 3.05) is 4.90 Å². The lowest BCUT2D eigenvalue weighted by atomic mass is 10.1. The molecule has 0 radical (unpaired) electrons. The Bertz CT molecular complexity index is 1510. The lowest BCUT2D eigenvalue weighted by Crippen LogP contribution is -2.14. The van der Waals surface area contributed by atoms with Gasteiger partial charge in [-0.2, -0.15) is 0 Å². The molecule has 5 heteroatoms. The largest absolute Gasteiger partial charge is 0.308 e. The molecule has 146 valence electrons. The number of carbonyl (C=O) groups is 1. The number of hydrogen-bond acceptors (Lipinski definition) is 4. The molecule has 4 nitrogen and oxygen atoms in total. The first-order valence-electron chi connectivity index (χ1n) is 10.1. The van der Waals surface area contributed by atoms with Gasteiger partial charge < -0.3 is 4.90 Å². The molecule has 0 fully saturated rings. The van der Waals surface area contributed by atoms with Gasteiger partial charge in [0.25, 0.3) is 5.91 Å². The molecule has 5 aromatic rings. The Morgan fingerprint density at radius 1 is 0.710 bits per heavy atom. The molecule has 7 rings (SSSR count). The molecule has 0 amide bonds. The van der Waals surface area contributed by atoms with E-state index in [1.807, 2.05) is 36.4 Å². The predicted molar refractivity (Wildman–Crippen MR) is 124 cm³/mol. The second-order valence-corrected chi connectivity index (χ2v) is 8.75. The summed E-state index contributed by atoms with van der Waals surface area (Å²) in [4.78, 5) is 22.6. The van der Waals surface area contributed by atoms with E-state index in [-0.39, 0.29) is 5.91 Å². The average Bonchev–Trinajstić information content (AvgIpc) is 3.33. The second-order valence-electron chi connectivity index (χ2n) is 7.67. The van der Waals surface area contributed by atoms with Crippen LogP contribution in [0.15, 0.2) is 101 Å². The maximum atomic E-state index is 13.2. The maximum Gasteiger partial charge on any atom is 0.264 e. The highest BCUT2D eigenvalue weighted by atomic mass is 32.2. The molecule has 2 aliphatic rings. The van der Waals surface area contributed by atoms with Crippen molar-refractivity contribution in [2.24, 2.45) is 0 Å². The fourth-order valence-electron chi connectivity index (χ4n) is 4.56. The van der Waals surface area contributed by atoms with Crippen molar-refractivity contribution in [3.63, 3.8) is 0 Å². The van der Waals surface area contributed by atoms with Gasteiger partial charge in [0.2, 0.25) is 0 Å². The van der Waals surface area contributed by atoms with Gasteiger partial charge >= 0.3 is 0 Å². The number of anilines is 3. The summed E-state index contributed by atoms with van der Waals surface area (Å²) in [5.41, 5.74) is 6.58. The van der Waals surface area contributed by atoms with Crippen LogP contribution in [-0.4, -0.2) is 15.5 Å². The Morgan fingerprint density at radius 2 is 1.39 bits per heavy atom. The van der Waals surface area contributed by atoms with Crippen LogP contribution in [0.4, 0.5) is 17.1 Å². The van der Waals surface area contributed by atoms with Crippen molar-refractivity contribution in [1.82, 2.24) is 9.55 Å². The van der Waals surface area contributed by atoms with Gasteiger partial charge in [0, 0.05) is 21.0 Å². The van der Waals surface area contributed by atoms with Crippen LogP contribution in [-0.2, 0) is 0 Å². The topological polar surface area (TPSA) is 38.1 Å². The number of hydrogen-bond donors (Lipinski definition) is 0. The summed E-state index contributed by atoms with van der Waals surface area (Å²) in [6.07, 6.45) is 0. The Balaban J connectivity index is 1.47. The van der Waals surface area contributed by atoms with E-state index in [1.165, 1.54) is 9.79 Å². The minimum Gasteiger partial charge on any atom is -0.308 e. The summed E-state index contributed by atoms with van der Waals surface area (Å²) in [6.45, 7) is 0. The number of fused-ring (bicyclic) bond motifs is 7. The monoisotopic (exact) mass is 417 g/mol. The number of carbonyl (C=O) groups excluding carboxylic acids is 1. The van der Waals surface area contributed by atoms with Gasteiger partial charge in [0.05, 0.1) is 28.0 Å². The Hall–Kier alpha value is -3.83. The molecule has 3 heterocycles. The summed E-state index contributed by atoms with van der Waals surface area (Å²) in [7, 11) is 0. The molecule has 0 unspecified atom stereocenters. The minimum atomic E-state index is -0.0137. The third-order valence-corrected chi connectivity index (χ3v) is 7.06. The molecule has 31 heavy (non-hydrogen) atoms. The molecular formula is C26H15N3OS. The number of para-hydroxylation sites is 4. The Labute approximate surface area is 182 Å². The normalized spacial score (nSPS) is 13.7. The Kier molecular flexibility index (Phi) is 3.32. The standard InChI is InChI=1S/C26H15N3OS/c30-26-17-14-13-16(15-18(17)25-27-19-7-1-2-8-20(19)29(25)26)28-21-9-3-5-11-23(21)31-24-12-6-4-10-22(24)28/h1-15H. The van der Waals surface area contributed by atoms with Gasteiger partial charge in [0.15, 0.2) is 0 Å². The summed E-state index contributed by atoms with van der Waals surface area (Å²) >= 11 is 1.79. The summed E-state index contributed by atoms with van der Waals surface area (Å²) in [6, 6.07) is 30.7. The first kappa shape index (κ1) is 16.9. The summed E-state index contributed by atoms with van der Waals surface area (Å²) in [5.74, 6) is 0.705. The SMILES string of the molecule is O=C1c2ccc(N3c4ccccc4Sc4ccccc43)cc2-c2nc3ccccc3n21. The number of imidazole rings is 1. The zero-order valence-electron chi connectivity index (χ0n) is 16.3. The molecule has 0 spiro atoms. The van der Waals surface area contributed by atoms with Crippen LogP contribution in [0.1, 0.15) is 10.4 Å². The molecular weight excluding hydrogens is 402 g/mol. The molecule has 0 atom stereocenters. The smallest absolute Gasteiger partial charge is 0.264 e. The quantitative estimate of drug-likeness (QED) is 0.300. The molecule has 0 bridgehead atoms. The van der Waals surface area contributed by atoms with Gasteiger partial charge in [-0.15, -0.1) is 0 Å². The summed E-state index contributed by atoms with van der Waals surface area (Å²) < 4.78 is 1.73. The summed E-state index contributed by atoms with van der Waals surface area (Å²) in [5, 5.41) is 0. The van der Waals surface area contributed by atoms with Crippen LogP contribution in [0, 0.1) is 0 Å². The lowest BCUT2D eigenvalue weighted by molar-refractivity contribution is 0.0973. The first-order valence-corrected chi connectivity index (χ1v) is 10.9. The van der Waals surface area contributed by atoms with Crippen molar-refractivity contribution in [2.45, 2.75) is 9.79 Å². The zero-order valence-corrected chi connectivity index (χ0v) is 17.1. The van der Waals surface area contributed by atoms with E-state index in [1.54, 1.807) is 16.3 Å². The molecule has 4 aromatic carbocycles. The van der Waals surface area contributed by atoms with E-state index in [0.717, 1.165) is 39.5 Å². The fraction of sp³-hybridized carbons (Fsp3) is 0. The van der Waals surface area contributed by atoms with Gasteiger partial charge in [-0.3, -0.25) is 9.36 Å². The van der Waals surface area contributed by atoms with Crippen LogP contribution in [0.25, 0.3) is 22.4 Å². The highest BCUT2D eigenvalue weighted by Crippen LogP contribution is 2.51. The number of rotatable bonds is 1. The van der Waals surface area contributed by atoms with Crippen LogP contribution in [0.5, 0.6) is 0 Å². The highest BCUT2D eigenvalue weighted by molar-refractivity contribution is 7.99. The zero-order chi connectivity index (χ0) is 20.5. The minimum absolute atomic E-state index is 0.0137. The van der Waals surface area contributed by atoms with Crippen LogP contribution in [0.2, 0.25) is 0 Å². The maximum absolute atomic E-state index is 13.2. The van der Waals surface area contributed by atoms with E-state index in [0.29, 0.717) is 5.56 Å². The average molecular weight is 417 g/mol. The molecule has 2 aliphatic heterocycles. The molecule has 0 N–H and O–H groups in total. The third-order valence-electron chi connectivity index (χ3n) is 5.93. The van der Waals surface area contributed by atoms with Crippen LogP contribution < -0.4 is 4.90 Å². The second kappa shape index (κ2) is 6.09. The molecule has 0 aliphatic carbocycles. The van der Waals surface area contributed by atoms with Gasteiger partial charge in [-0.1, -0.05) is 48.2 Å². The van der Waals surface area contributed by atoms with Gasteiger partial charge in [-0.25, -0.2) is 4.98 Å². The number of aromatic nitrogens is 2. The molecule has 0 saturated carbocycles. The van der Waals surface area contributed by atoms with Crippen molar-refractivity contribution < 1.29 is 4.79 Å². The third kappa shape index (κ3) is 2.26. The predicted octanol–water partition coefficient (Wildman–Crippen LogP) is 6.64. The van der Waals surface area contributed by atoms with Crippen molar-refractivity contribution in [1.29, 1.82) is 0 Å². The van der Waals surface area contributed by atoms with Crippen molar-refractivity contribution in [3.8, 4) is 11.4 Å². The van der Waals surface area contributed by atoms with Gasteiger partial charge in [-0.05, 0) is 54.6 Å².